The number of hydrogen-bond donors (Lipinski definition) is 0. The molecule has 5 heteroatoms. The van der Waals surface area contributed by atoms with E-state index in [1.54, 1.807) is 0 Å². The van der Waals surface area contributed by atoms with E-state index in [4.69, 9.17) is 11.6 Å². The fourth-order valence-electron chi connectivity index (χ4n) is 3.11. The predicted molar refractivity (Wildman–Crippen MR) is 84.8 cm³/mol. The normalized spacial score (nSPS) is 22.7. The lowest BCUT2D eigenvalue weighted by Crippen LogP contribution is -2.39. The van der Waals surface area contributed by atoms with E-state index in [0.717, 1.165) is 31.5 Å². The van der Waals surface area contributed by atoms with Gasteiger partial charge in [0.2, 0.25) is 0 Å². The Labute approximate surface area is 135 Å². The number of nitrogens with zero attached hydrogens (tertiary/aromatic N) is 2. The van der Waals surface area contributed by atoms with Crippen LogP contribution in [0, 0.1) is 5.92 Å². The molecule has 1 atom stereocenters. The summed E-state index contributed by atoms with van der Waals surface area (Å²) in [6.07, 6.45) is 2.17. The molecule has 1 aromatic carbocycles. The van der Waals surface area contributed by atoms with Crippen molar-refractivity contribution in [3.63, 3.8) is 0 Å². The highest BCUT2D eigenvalue weighted by Gasteiger charge is 2.40. The maximum atomic E-state index is 12.7. The second-order valence-corrected chi connectivity index (χ2v) is 6.42. The maximum Gasteiger partial charge on any atom is 0.279 e. The number of benzene rings is 1. The van der Waals surface area contributed by atoms with Gasteiger partial charge in [-0.2, -0.15) is 0 Å². The lowest BCUT2D eigenvalue weighted by Gasteiger charge is -2.33. The number of carbonyl (C=O) groups is 2. The summed E-state index contributed by atoms with van der Waals surface area (Å²) < 4.78 is 0. The fourth-order valence-corrected chi connectivity index (χ4v) is 3.41. The fraction of sp³-hybridized carbons (Fsp3) is 0.412. The average molecular weight is 319 g/mol. The third kappa shape index (κ3) is 2.75. The molecule has 0 radical (unpaired) electrons. The number of amides is 2. The number of rotatable bonds is 3. The molecule has 22 heavy (non-hydrogen) atoms. The van der Waals surface area contributed by atoms with E-state index in [-0.39, 0.29) is 23.4 Å². The number of halogens is 1. The van der Waals surface area contributed by atoms with Gasteiger partial charge in [0.25, 0.3) is 11.8 Å². The Balaban J connectivity index is 1.81. The van der Waals surface area contributed by atoms with E-state index in [9.17, 15) is 9.59 Å². The monoisotopic (exact) mass is 318 g/mol. The van der Waals surface area contributed by atoms with E-state index in [2.05, 4.69) is 6.92 Å². The van der Waals surface area contributed by atoms with E-state index in [0.29, 0.717) is 11.6 Å². The number of piperidine rings is 1. The Morgan fingerprint density at radius 1 is 1.18 bits per heavy atom. The zero-order valence-corrected chi connectivity index (χ0v) is 13.3. The SMILES string of the molecule is CC1CCCN(C2=C(Cl)C(=O)N(Cc3ccccc3)C2=O)C1. The Hall–Kier alpha value is -1.81. The van der Waals surface area contributed by atoms with Gasteiger partial charge >= 0.3 is 0 Å². The van der Waals surface area contributed by atoms with Crippen molar-refractivity contribution in [3.8, 4) is 0 Å². The van der Waals surface area contributed by atoms with Crippen LogP contribution in [0.25, 0.3) is 0 Å². The molecule has 0 N–H and O–H groups in total. The number of carbonyl (C=O) groups excluding carboxylic acids is 2. The van der Waals surface area contributed by atoms with E-state index in [1.807, 2.05) is 35.2 Å². The number of hydrogen-bond acceptors (Lipinski definition) is 3. The molecule has 0 spiro atoms. The molecule has 1 fully saturated rings. The van der Waals surface area contributed by atoms with Crippen LogP contribution in [0.3, 0.4) is 0 Å². The standard InChI is InChI=1S/C17H19ClN2O2/c1-12-6-5-9-19(10-12)15-14(18)16(21)20(17(15)22)11-13-7-3-2-4-8-13/h2-4,7-8,12H,5-6,9-11H2,1H3. The summed E-state index contributed by atoms with van der Waals surface area (Å²) in [7, 11) is 0. The van der Waals surface area contributed by atoms with Crippen LogP contribution in [0.5, 0.6) is 0 Å². The average Bonchev–Trinajstić information content (AvgIpc) is 2.72. The quantitative estimate of drug-likeness (QED) is 0.805. The van der Waals surface area contributed by atoms with Crippen molar-refractivity contribution in [1.82, 2.24) is 9.80 Å². The molecule has 2 heterocycles. The van der Waals surface area contributed by atoms with Crippen LogP contribution in [-0.4, -0.2) is 34.7 Å². The summed E-state index contributed by atoms with van der Waals surface area (Å²) in [4.78, 5) is 28.2. The molecule has 116 valence electrons. The van der Waals surface area contributed by atoms with Gasteiger partial charge < -0.3 is 4.90 Å². The maximum absolute atomic E-state index is 12.7. The molecule has 0 bridgehead atoms. The van der Waals surface area contributed by atoms with Crippen molar-refractivity contribution >= 4 is 23.4 Å². The lowest BCUT2D eigenvalue weighted by atomic mass is 10.00. The molecule has 0 saturated carbocycles. The predicted octanol–water partition coefficient (Wildman–Crippen LogP) is 2.74. The highest BCUT2D eigenvalue weighted by atomic mass is 35.5. The molecule has 1 saturated heterocycles. The van der Waals surface area contributed by atoms with Crippen molar-refractivity contribution in [2.24, 2.45) is 5.92 Å². The minimum atomic E-state index is -0.385. The minimum Gasteiger partial charge on any atom is -0.365 e. The molecular formula is C17H19ClN2O2. The molecule has 4 nitrogen and oxygen atoms in total. The highest BCUT2D eigenvalue weighted by Crippen LogP contribution is 2.31. The summed E-state index contributed by atoms with van der Waals surface area (Å²) in [5, 5.41) is 0.0648. The Bertz CT molecular complexity index is 627. The first-order valence-corrected chi connectivity index (χ1v) is 8.00. The van der Waals surface area contributed by atoms with E-state index >= 15 is 0 Å². The van der Waals surface area contributed by atoms with Gasteiger partial charge in [0, 0.05) is 13.1 Å². The molecule has 2 aliphatic rings. The van der Waals surface area contributed by atoms with Gasteiger partial charge in [-0.05, 0) is 24.3 Å². The van der Waals surface area contributed by atoms with E-state index < -0.39 is 0 Å². The lowest BCUT2D eigenvalue weighted by molar-refractivity contribution is -0.138. The van der Waals surface area contributed by atoms with Crippen LogP contribution in [0.15, 0.2) is 41.1 Å². The number of imide groups is 1. The Morgan fingerprint density at radius 2 is 1.91 bits per heavy atom. The molecule has 1 unspecified atom stereocenters. The summed E-state index contributed by atoms with van der Waals surface area (Å²) in [6, 6.07) is 9.49. The Kier molecular flexibility index (Phi) is 4.21. The second-order valence-electron chi connectivity index (χ2n) is 6.04. The second kappa shape index (κ2) is 6.13. The molecule has 2 amide bonds. The van der Waals surface area contributed by atoms with Gasteiger partial charge in [-0.1, -0.05) is 48.9 Å². The van der Waals surface area contributed by atoms with Crippen molar-refractivity contribution in [1.29, 1.82) is 0 Å². The summed E-state index contributed by atoms with van der Waals surface area (Å²) in [5.74, 6) is -0.145. The molecule has 1 aromatic rings. The van der Waals surface area contributed by atoms with Gasteiger partial charge in [0.15, 0.2) is 0 Å². The van der Waals surface area contributed by atoms with Crippen molar-refractivity contribution in [2.75, 3.05) is 13.1 Å². The molecule has 0 aromatic heterocycles. The van der Waals surface area contributed by atoms with Crippen LogP contribution in [0.1, 0.15) is 25.3 Å². The Morgan fingerprint density at radius 3 is 2.59 bits per heavy atom. The first-order valence-electron chi connectivity index (χ1n) is 7.62. The summed E-state index contributed by atoms with van der Waals surface area (Å²) >= 11 is 6.19. The van der Waals surface area contributed by atoms with Crippen molar-refractivity contribution in [3.05, 3.63) is 46.6 Å². The van der Waals surface area contributed by atoms with Crippen molar-refractivity contribution in [2.45, 2.75) is 26.3 Å². The van der Waals surface area contributed by atoms with Crippen LogP contribution in [0.4, 0.5) is 0 Å². The van der Waals surface area contributed by atoms with Gasteiger partial charge in [-0.25, -0.2) is 0 Å². The van der Waals surface area contributed by atoms with Crippen molar-refractivity contribution < 1.29 is 9.59 Å². The summed E-state index contributed by atoms with van der Waals surface area (Å²) in [5.41, 5.74) is 1.30. The smallest absolute Gasteiger partial charge is 0.279 e. The molecular weight excluding hydrogens is 300 g/mol. The van der Waals surface area contributed by atoms with Crippen LogP contribution < -0.4 is 0 Å². The third-order valence-corrected chi connectivity index (χ3v) is 4.59. The van der Waals surface area contributed by atoms with E-state index in [1.165, 1.54) is 4.90 Å². The zero-order valence-electron chi connectivity index (χ0n) is 12.6. The third-order valence-electron chi connectivity index (χ3n) is 4.25. The zero-order chi connectivity index (χ0) is 15.7. The first-order chi connectivity index (χ1) is 10.6. The first kappa shape index (κ1) is 15.1. The molecule has 0 aliphatic carbocycles. The largest absolute Gasteiger partial charge is 0.365 e. The van der Waals surface area contributed by atoms with Crippen LogP contribution >= 0.6 is 11.6 Å². The van der Waals surface area contributed by atoms with Gasteiger partial charge in [-0.3, -0.25) is 14.5 Å². The van der Waals surface area contributed by atoms with Gasteiger partial charge in [0.05, 0.1) is 6.54 Å². The molecule has 3 rings (SSSR count). The minimum absolute atomic E-state index is 0.0648. The van der Waals surface area contributed by atoms with Gasteiger partial charge in [-0.15, -0.1) is 0 Å². The summed E-state index contributed by atoms with van der Waals surface area (Å²) in [6.45, 7) is 3.99. The van der Waals surface area contributed by atoms with Crippen LogP contribution in [0.2, 0.25) is 0 Å². The van der Waals surface area contributed by atoms with Gasteiger partial charge in [0.1, 0.15) is 10.7 Å². The highest BCUT2D eigenvalue weighted by molar-refractivity contribution is 6.47. The molecule has 2 aliphatic heterocycles. The number of likely N-dealkylation sites (tertiary alicyclic amines) is 1. The van der Waals surface area contributed by atoms with Crippen LogP contribution in [-0.2, 0) is 16.1 Å². The topological polar surface area (TPSA) is 40.6 Å².